The summed E-state index contributed by atoms with van der Waals surface area (Å²) >= 11 is 0. The molecule has 1 saturated carbocycles. The van der Waals surface area contributed by atoms with Crippen LogP contribution in [-0.2, 0) is 11.2 Å². The maximum absolute atomic E-state index is 12.4. The average Bonchev–Trinajstić information content (AvgIpc) is 3.15. The number of hydrogen-bond acceptors (Lipinski definition) is 4. The molecule has 3 atom stereocenters. The van der Waals surface area contributed by atoms with Gasteiger partial charge in [0.05, 0.1) is 12.7 Å². The number of rotatable bonds is 5. The third kappa shape index (κ3) is 3.28. The number of morpholine rings is 1. The van der Waals surface area contributed by atoms with Crippen molar-refractivity contribution in [3.63, 3.8) is 0 Å². The van der Waals surface area contributed by atoms with Gasteiger partial charge < -0.3 is 10.1 Å². The van der Waals surface area contributed by atoms with Gasteiger partial charge in [-0.1, -0.05) is 13.3 Å². The normalized spacial score (nSPS) is 31.1. The summed E-state index contributed by atoms with van der Waals surface area (Å²) in [6.45, 7) is 4.91. The second-order valence-corrected chi connectivity index (χ2v) is 7.25. The molecule has 1 aromatic heterocycles. The fraction of sp³-hybridized carbons (Fsp3) is 0.765. The van der Waals surface area contributed by atoms with Crippen molar-refractivity contribution >= 4 is 5.91 Å². The van der Waals surface area contributed by atoms with Crippen LogP contribution in [0, 0.1) is 5.92 Å². The predicted molar refractivity (Wildman–Crippen MR) is 86.3 cm³/mol. The third-order valence-electron chi connectivity index (χ3n) is 5.31. The van der Waals surface area contributed by atoms with Crippen molar-refractivity contribution in [3.05, 3.63) is 17.5 Å². The molecule has 3 fully saturated rings. The van der Waals surface area contributed by atoms with Crippen LogP contribution in [0.4, 0.5) is 0 Å². The number of nitrogens with zero attached hydrogens (tertiary/aromatic N) is 2. The van der Waals surface area contributed by atoms with Crippen LogP contribution in [0.1, 0.15) is 48.8 Å². The maximum atomic E-state index is 12.4. The van der Waals surface area contributed by atoms with Gasteiger partial charge in [0, 0.05) is 30.9 Å². The quantitative estimate of drug-likeness (QED) is 0.860. The van der Waals surface area contributed by atoms with E-state index in [9.17, 15) is 4.79 Å². The van der Waals surface area contributed by atoms with E-state index in [1.54, 1.807) is 0 Å². The summed E-state index contributed by atoms with van der Waals surface area (Å²) < 4.78 is 6.01. The monoisotopic (exact) mass is 318 g/mol. The predicted octanol–water partition coefficient (Wildman–Crippen LogP) is 1.34. The number of carbonyl (C=O) groups excluding carboxylic acids is 1. The Hall–Kier alpha value is -1.40. The second kappa shape index (κ2) is 6.24. The number of ether oxygens (including phenoxy) is 1. The number of aromatic amines is 1. The summed E-state index contributed by atoms with van der Waals surface area (Å²) in [5, 5.41) is 10.2. The highest BCUT2D eigenvalue weighted by Gasteiger charge is 2.42. The molecule has 0 bridgehead atoms. The molecule has 0 radical (unpaired) electrons. The molecule has 3 aliphatic rings. The zero-order valence-corrected chi connectivity index (χ0v) is 13.8. The average molecular weight is 318 g/mol. The van der Waals surface area contributed by atoms with Gasteiger partial charge in [0.2, 0.25) is 0 Å². The minimum Gasteiger partial charge on any atom is -0.375 e. The largest absolute Gasteiger partial charge is 0.375 e. The molecule has 0 aromatic carbocycles. The fourth-order valence-corrected chi connectivity index (χ4v) is 3.89. The van der Waals surface area contributed by atoms with Crippen LogP contribution in [0.15, 0.2) is 6.07 Å². The highest BCUT2D eigenvalue weighted by Crippen LogP contribution is 2.37. The third-order valence-corrected chi connectivity index (χ3v) is 5.31. The molecular weight excluding hydrogens is 292 g/mol. The van der Waals surface area contributed by atoms with E-state index in [4.69, 9.17) is 4.74 Å². The molecule has 23 heavy (non-hydrogen) atoms. The Morgan fingerprint density at radius 2 is 2.35 bits per heavy atom. The van der Waals surface area contributed by atoms with E-state index in [2.05, 4.69) is 27.3 Å². The van der Waals surface area contributed by atoms with Gasteiger partial charge in [0.1, 0.15) is 5.69 Å². The van der Waals surface area contributed by atoms with E-state index in [1.165, 1.54) is 12.8 Å². The molecule has 4 rings (SSSR count). The van der Waals surface area contributed by atoms with Crippen molar-refractivity contribution in [3.8, 4) is 0 Å². The fourth-order valence-electron chi connectivity index (χ4n) is 3.89. The minimum absolute atomic E-state index is 0.0619. The zero-order chi connectivity index (χ0) is 15.8. The lowest BCUT2D eigenvalue weighted by Gasteiger charge is -2.35. The van der Waals surface area contributed by atoms with E-state index in [0.717, 1.165) is 50.6 Å². The molecule has 6 heteroatoms. The first-order valence-corrected chi connectivity index (χ1v) is 8.93. The Morgan fingerprint density at radius 1 is 1.48 bits per heavy atom. The van der Waals surface area contributed by atoms with Crippen LogP contribution in [0.2, 0.25) is 0 Å². The summed E-state index contributed by atoms with van der Waals surface area (Å²) in [4.78, 5) is 14.9. The highest BCUT2D eigenvalue weighted by molar-refractivity contribution is 5.92. The number of hydrogen-bond donors (Lipinski definition) is 2. The van der Waals surface area contributed by atoms with Crippen LogP contribution < -0.4 is 5.32 Å². The number of nitrogens with one attached hydrogen (secondary N) is 2. The van der Waals surface area contributed by atoms with Gasteiger partial charge in [0.25, 0.3) is 5.91 Å². The number of aromatic nitrogens is 2. The summed E-state index contributed by atoms with van der Waals surface area (Å²) in [7, 11) is 0. The zero-order valence-electron chi connectivity index (χ0n) is 13.8. The topological polar surface area (TPSA) is 70.2 Å². The van der Waals surface area contributed by atoms with Gasteiger partial charge >= 0.3 is 0 Å². The van der Waals surface area contributed by atoms with Crippen LogP contribution in [0.3, 0.4) is 0 Å². The van der Waals surface area contributed by atoms with Crippen molar-refractivity contribution in [2.45, 2.75) is 57.2 Å². The molecule has 1 aliphatic carbocycles. The number of fused-ring (bicyclic) bond motifs is 1. The second-order valence-electron chi connectivity index (χ2n) is 7.25. The van der Waals surface area contributed by atoms with E-state index in [0.29, 0.717) is 17.8 Å². The van der Waals surface area contributed by atoms with Crippen molar-refractivity contribution in [1.29, 1.82) is 0 Å². The van der Waals surface area contributed by atoms with Gasteiger partial charge in [-0.3, -0.25) is 14.8 Å². The Balaban J connectivity index is 1.31. The number of H-pyrrole nitrogens is 1. The lowest BCUT2D eigenvalue weighted by Crippen LogP contribution is -2.47. The number of aryl methyl sites for hydroxylation is 1. The van der Waals surface area contributed by atoms with Gasteiger partial charge in [-0.25, -0.2) is 0 Å². The van der Waals surface area contributed by atoms with Crippen molar-refractivity contribution < 1.29 is 9.53 Å². The first-order chi connectivity index (χ1) is 11.2. The minimum atomic E-state index is -0.0619. The molecule has 6 nitrogen and oxygen atoms in total. The molecule has 126 valence electrons. The summed E-state index contributed by atoms with van der Waals surface area (Å²) in [5.41, 5.74) is 1.53. The van der Waals surface area contributed by atoms with Crippen LogP contribution in [0.5, 0.6) is 0 Å². The molecule has 0 spiro atoms. The van der Waals surface area contributed by atoms with E-state index in [-0.39, 0.29) is 11.9 Å². The van der Waals surface area contributed by atoms with E-state index in [1.807, 2.05) is 6.07 Å². The van der Waals surface area contributed by atoms with Gasteiger partial charge in [-0.2, -0.15) is 5.10 Å². The first-order valence-electron chi connectivity index (χ1n) is 8.93. The highest BCUT2D eigenvalue weighted by atomic mass is 16.5. The van der Waals surface area contributed by atoms with Gasteiger partial charge in [-0.15, -0.1) is 0 Å². The van der Waals surface area contributed by atoms with Gasteiger partial charge in [0.15, 0.2) is 0 Å². The van der Waals surface area contributed by atoms with E-state index >= 15 is 0 Å². The Kier molecular flexibility index (Phi) is 4.11. The van der Waals surface area contributed by atoms with Crippen molar-refractivity contribution in [2.24, 2.45) is 5.92 Å². The molecule has 2 saturated heterocycles. The SMILES string of the molecule is CCCc1cc(C(=O)N[C@H]2C[C@H]3CO[C@H](C4CC4)CN3C2)n[nH]1. The summed E-state index contributed by atoms with van der Waals surface area (Å²) in [5.74, 6) is 0.721. The van der Waals surface area contributed by atoms with Crippen LogP contribution in [0.25, 0.3) is 0 Å². The molecule has 2 aliphatic heterocycles. The van der Waals surface area contributed by atoms with E-state index < -0.39 is 0 Å². The first kappa shape index (κ1) is 15.1. The van der Waals surface area contributed by atoms with Gasteiger partial charge in [-0.05, 0) is 37.7 Å². The Bertz CT molecular complexity index is 569. The lowest BCUT2D eigenvalue weighted by molar-refractivity contribution is -0.0581. The Morgan fingerprint density at radius 3 is 3.13 bits per heavy atom. The summed E-state index contributed by atoms with van der Waals surface area (Å²) in [6.07, 6.45) is 6.02. The van der Waals surface area contributed by atoms with Crippen molar-refractivity contribution in [2.75, 3.05) is 19.7 Å². The molecule has 1 aromatic rings. The molecule has 0 unspecified atom stereocenters. The summed E-state index contributed by atoms with van der Waals surface area (Å²) in [6, 6.07) is 2.54. The van der Waals surface area contributed by atoms with Crippen LogP contribution >= 0.6 is 0 Å². The molecule has 2 N–H and O–H groups in total. The van der Waals surface area contributed by atoms with Crippen molar-refractivity contribution in [1.82, 2.24) is 20.4 Å². The smallest absolute Gasteiger partial charge is 0.272 e. The maximum Gasteiger partial charge on any atom is 0.272 e. The Labute approximate surface area is 137 Å². The molecular formula is C17H26N4O2. The number of carbonyl (C=O) groups is 1. The molecule has 3 heterocycles. The standard InChI is InChI=1S/C17H26N4O2/c1-2-3-12-7-15(20-19-12)17(22)18-13-6-14-10-23-16(11-4-5-11)9-21(14)8-13/h7,11,13-14,16H,2-6,8-10H2,1H3,(H,18,22)(H,19,20)/t13-,14-,16-/m0/s1. The lowest BCUT2D eigenvalue weighted by atomic mass is 10.1. The van der Waals surface area contributed by atoms with Crippen LogP contribution in [-0.4, -0.2) is 58.9 Å². The molecule has 1 amide bonds. The number of amides is 1.